The van der Waals surface area contributed by atoms with Gasteiger partial charge in [0, 0.05) is 6.54 Å². The van der Waals surface area contributed by atoms with E-state index in [4.69, 9.17) is 4.74 Å². The lowest BCUT2D eigenvalue weighted by atomic mass is 9.98. The number of carbonyl (C=O) groups is 1. The van der Waals surface area contributed by atoms with Crippen molar-refractivity contribution in [3.63, 3.8) is 0 Å². The first-order valence-corrected chi connectivity index (χ1v) is 4.71. The molecule has 1 aliphatic heterocycles. The SMILES string of the molecule is COc1cc2c(cc1C=O)CNCC2.Cl. The highest BCUT2D eigenvalue weighted by molar-refractivity contribution is 5.85. The van der Waals surface area contributed by atoms with Gasteiger partial charge in [-0.1, -0.05) is 0 Å². The maximum atomic E-state index is 10.8. The molecule has 4 heteroatoms. The minimum atomic E-state index is 0. The summed E-state index contributed by atoms with van der Waals surface area (Å²) in [5.74, 6) is 0.681. The van der Waals surface area contributed by atoms with Gasteiger partial charge in [-0.3, -0.25) is 4.79 Å². The van der Waals surface area contributed by atoms with E-state index in [1.165, 1.54) is 11.1 Å². The molecule has 1 N–H and O–H groups in total. The van der Waals surface area contributed by atoms with Crippen LogP contribution in [-0.2, 0) is 13.0 Å². The molecule has 0 saturated heterocycles. The molecular formula is C11H14ClNO2. The van der Waals surface area contributed by atoms with Crippen molar-refractivity contribution in [3.8, 4) is 5.75 Å². The number of ether oxygens (including phenoxy) is 1. The highest BCUT2D eigenvalue weighted by Crippen LogP contribution is 2.24. The van der Waals surface area contributed by atoms with E-state index in [9.17, 15) is 4.79 Å². The molecular weight excluding hydrogens is 214 g/mol. The van der Waals surface area contributed by atoms with Gasteiger partial charge < -0.3 is 10.1 Å². The van der Waals surface area contributed by atoms with Crippen LogP contribution < -0.4 is 10.1 Å². The van der Waals surface area contributed by atoms with Gasteiger partial charge in [0.1, 0.15) is 5.75 Å². The van der Waals surface area contributed by atoms with Crippen LogP contribution in [0.5, 0.6) is 5.75 Å². The highest BCUT2D eigenvalue weighted by atomic mass is 35.5. The number of nitrogens with one attached hydrogen (secondary N) is 1. The zero-order valence-electron chi connectivity index (χ0n) is 8.58. The number of carbonyl (C=O) groups excluding carboxylic acids is 1. The van der Waals surface area contributed by atoms with E-state index >= 15 is 0 Å². The van der Waals surface area contributed by atoms with Gasteiger partial charge in [0.05, 0.1) is 12.7 Å². The van der Waals surface area contributed by atoms with Gasteiger partial charge in [0.2, 0.25) is 0 Å². The first kappa shape index (κ1) is 12.0. The number of methoxy groups -OCH3 is 1. The molecule has 0 amide bonds. The molecule has 15 heavy (non-hydrogen) atoms. The fourth-order valence-corrected chi connectivity index (χ4v) is 1.80. The van der Waals surface area contributed by atoms with E-state index in [-0.39, 0.29) is 12.4 Å². The Morgan fingerprint density at radius 2 is 2.20 bits per heavy atom. The first-order valence-electron chi connectivity index (χ1n) is 4.71. The molecule has 0 aliphatic carbocycles. The normalized spacial score (nSPS) is 13.7. The summed E-state index contributed by atoms with van der Waals surface area (Å²) in [5.41, 5.74) is 3.13. The van der Waals surface area contributed by atoms with Crippen molar-refractivity contribution in [2.75, 3.05) is 13.7 Å². The second-order valence-electron chi connectivity index (χ2n) is 3.41. The van der Waals surface area contributed by atoms with Gasteiger partial charge in [-0.25, -0.2) is 0 Å². The van der Waals surface area contributed by atoms with Gasteiger partial charge in [0.25, 0.3) is 0 Å². The summed E-state index contributed by atoms with van der Waals surface area (Å²) < 4.78 is 5.15. The number of aldehydes is 1. The smallest absolute Gasteiger partial charge is 0.153 e. The Labute approximate surface area is 95.2 Å². The van der Waals surface area contributed by atoms with Gasteiger partial charge >= 0.3 is 0 Å². The van der Waals surface area contributed by atoms with E-state index in [2.05, 4.69) is 5.32 Å². The van der Waals surface area contributed by atoms with Crippen LogP contribution in [0.3, 0.4) is 0 Å². The average molecular weight is 228 g/mol. The number of rotatable bonds is 2. The van der Waals surface area contributed by atoms with Crippen molar-refractivity contribution < 1.29 is 9.53 Å². The molecule has 0 bridgehead atoms. The van der Waals surface area contributed by atoms with Gasteiger partial charge in [-0.15, -0.1) is 12.4 Å². The second kappa shape index (κ2) is 5.14. The molecule has 1 aliphatic rings. The molecule has 0 atom stereocenters. The molecule has 0 fully saturated rings. The van der Waals surface area contributed by atoms with Crippen LogP contribution in [0.2, 0.25) is 0 Å². The van der Waals surface area contributed by atoms with Crippen LogP contribution in [0.1, 0.15) is 21.5 Å². The summed E-state index contributed by atoms with van der Waals surface area (Å²) in [7, 11) is 1.59. The van der Waals surface area contributed by atoms with Crippen molar-refractivity contribution in [2.24, 2.45) is 0 Å². The van der Waals surface area contributed by atoms with E-state index in [1.54, 1.807) is 7.11 Å². The quantitative estimate of drug-likeness (QED) is 0.780. The van der Waals surface area contributed by atoms with Crippen molar-refractivity contribution in [1.82, 2.24) is 5.32 Å². The van der Waals surface area contributed by atoms with Crippen molar-refractivity contribution in [3.05, 3.63) is 28.8 Å². The summed E-state index contributed by atoms with van der Waals surface area (Å²) in [5, 5.41) is 3.27. The second-order valence-corrected chi connectivity index (χ2v) is 3.41. The van der Waals surface area contributed by atoms with Gasteiger partial charge in [-0.2, -0.15) is 0 Å². The summed E-state index contributed by atoms with van der Waals surface area (Å²) in [6, 6.07) is 3.88. The third-order valence-corrected chi connectivity index (χ3v) is 2.57. The van der Waals surface area contributed by atoms with Crippen LogP contribution in [0.4, 0.5) is 0 Å². The van der Waals surface area contributed by atoms with E-state index in [0.717, 1.165) is 25.8 Å². The third kappa shape index (κ3) is 2.30. The third-order valence-electron chi connectivity index (χ3n) is 2.57. The molecule has 1 aromatic rings. The summed E-state index contributed by atoms with van der Waals surface area (Å²) in [4.78, 5) is 10.8. The highest BCUT2D eigenvalue weighted by Gasteiger charge is 2.12. The average Bonchev–Trinajstić information content (AvgIpc) is 2.27. The van der Waals surface area contributed by atoms with E-state index < -0.39 is 0 Å². The number of hydrogen-bond donors (Lipinski definition) is 1. The molecule has 0 radical (unpaired) electrons. The van der Waals surface area contributed by atoms with Crippen molar-refractivity contribution >= 4 is 18.7 Å². The lowest BCUT2D eigenvalue weighted by Crippen LogP contribution is -2.23. The van der Waals surface area contributed by atoms with Gasteiger partial charge in [0.15, 0.2) is 6.29 Å². The fourth-order valence-electron chi connectivity index (χ4n) is 1.80. The Hall–Kier alpha value is -1.06. The van der Waals surface area contributed by atoms with Crippen LogP contribution in [-0.4, -0.2) is 19.9 Å². The van der Waals surface area contributed by atoms with Gasteiger partial charge in [-0.05, 0) is 36.2 Å². The lowest BCUT2D eigenvalue weighted by Gasteiger charge is -2.18. The Morgan fingerprint density at radius 3 is 2.87 bits per heavy atom. The first-order chi connectivity index (χ1) is 6.85. The zero-order valence-corrected chi connectivity index (χ0v) is 9.39. The Balaban J connectivity index is 0.00000112. The van der Waals surface area contributed by atoms with Crippen LogP contribution in [0.25, 0.3) is 0 Å². The maximum Gasteiger partial charge on any atom is 0.153 e. The molecule has 0 aromatic heterocycles. The molecule has 3 nitrogen and oxygen atoms in total. The number of halogens is 1. The maximum absolute atomic E-state index is 10.8. The van der Waals surface area contributed by atoms with Crippen LogP contribution >= 0.6 is 12.4 Å². The predicted molar refractivity (Wildman–Crippen MR) is 61.0 cm³/mol. The predicted octanol–water partition coefficient (Wildman–Crippen LogP) is 1.58. The lowest BCUT2D eigenvalue weighted by molar-refractivity contribution is 0.112. The monoisotopic (exact) mass is 227 g/mol. The largest absolute Gasteiger partial charge is 0.496 e. The van der Waals surface area contributed by atoms with Crippen molar-refractivity contribution in [1.29, 1.82) is 0 Å². The molecule has 0 spiro atoms. The minimum absolute atomic E-state index is 0. The number of hydrogen-bond acceptors (Lipinski definition) is 3. The summed E-state index contributed by atoms with van der Waals surface area (Å²) >= 11 is 0. The Bertz CT molecular complexity index is 366. The summed E-state index contributed by atoms with van der Waals surface area (Å²) in [6.45, 7) is 1.84. The molecule has 0 saturated carbocycles. The van der Waals surface area contributed by atoms with Crippen molar-refractivity contribution in [2.45, 2.75) is 13.0 Å². The van der Waals surface area contributed by atoms with Crippen LogP contribution in [0.15, 0.2) is 12.1 Å². The fraction of sp³-hybridized carbons (Fsp3) is 0.364. The topological polar surface area (TPSA) is 38.3 Å². The molecule has 1 aromatic carbocycles. The number of benzene rings is 1. The Kier molecular flexibility index (Phi) is 4.12. The summed E-state index contributed by atoms with van der Waals surface area (Å²) in [6.07, 6.45) is 1.85. The van der Waals surface area contributed by atoms with E-state index in [0.29, 0.717) is 11.3 Å². The van der Waals surface area contributed by atoms with Crippen LogP contribution in [0, 0.1) is 0 Å². The molecule has 2 rings (SSSR count). The molecule has 0 unspecified atom stereocenters. The molecule has 1 heterocycles. The Morgan fingerprint density at radius 1 is 1.40 bits per heavy atom. The standard InChI is InChI=1S/C11H13NO2.ClH/c1-14-11-5-8-2-3-12-6-9(8)4-10(11)7-13;/h4-5,7,12H,2-3,6H2,1H3;1H. The minimum Gasteiger partial charge on any atom is -0.496 e. The molecule has 82 valence electrons. The van der Waals surface area contributed by atoms with E-state index in [1.807, 2.05) is 12.1 Å². The number of fused-ring (bicyclic) bond motifs is 1. The zero-order chi connectivity index (χ0) is 9.97.